The van der Waals surface area contributed by atoms with E-state index in [1.165, 1.54) is 0 Å². The normalized spacial score (nSPS) is 10.9. The second-order valence-corrected chi connectivity index (χ2v) is 6.22. The molecule has 0 aliphatic carbocycles. The predicted molar refractivity (Wildman–Crippen MR) is 106 cm³/mol. The van der Waals surface area contributed by atoms with Crippen LogP contribution >= 0.6 is 0 Å². The molecule has 0 aliphatic heterocycles. The molecule has 1 heterocycles. The van der Waals surface area contributed by atoms with Crippen LogP contribution in [0.25, 0.3) is 17.3 Å². The molecule has 0 radical (unpaired) electrons. The van der Waals surface area contributed by atoms with Crippen molar-refractivity contribution >= 4 is 11.6 Å². The van der Waals surface area contributed by atoms with Crippen molar-refractivity contribution in [2.75, 3.05) is 7.11 Å². The van der Waals surface area contributed by atoms with Gasteiger partial charge >= 0.3 is 0 Å². The van der Waals surface area contributed by atoms with Gasteiger partial charge in [-0.2, -0.15) is 10.5 Å². The Kier molecular flexibility index (Phi) is 5.11. The summed E-state index contributed by atoms with van der Waals surface area (Å²) in [6.07, 6.45) is 1.87. The van der Waals surface area contributed by atoms with Gasteiger partial charge in [-0.3, -0.25) is 0 Å². The Morgan fingerprint density at radius 3 is 2.41 bits per heavy atom. The van der Waals surface area contributed by atoms with Gasteiger partial charge in [-0.05, 0) is 73.5 Å². The third-order valence-electron chi connectivity index (χ3n) is 4.52. The van der Waals surface area contributed by atoms with Crippen molar-refractivity contribution in [2.45, 2.75) is 13.8 Å². The van der Waals surface area contributed by atoms with Crippen LogP contribution in [0, 0.1) is 36.5 Å². The second kappa shape index (κ2) is 7.64. The van der Waals surface area contributed by atoms with Gasteiger partial charge in [0.1, 0.15) is 5.75 Å². The molecule has 0 saturated heterocycles. The van der Waals surface area contributed by atoms with Crippen LogP contribution in [0.2, 0.25) is 0 Å². The van der Waals surface area contributed by atoms with Crippen LogP contribution in [-0.4, -0.2) is 11.7 Å². The quantitative estimate of drug-likeness (QED) is 0.617. The van der Waals surface area contributed by atoms with Crippen LogP contribution in [0.3, 0.4) is 0 Å². The third-order valence-corrected chi connectivity index (χ3v) is 4.52. The van der Waals surface area contributed by atoms with E-state index in [1.807, 2.05) is 50.3 Å². The lowest BCUT2D eigenvalue weighted by Gasteiger charge is -2.10. The molecular formula is C23H19N3O. The largest absolute Gasteiger partial charge is 0.497 e. The molecule has 27 heavy (non-hydrogen) atoms. The Labute approximate surface area is 159 Å². The molecule has 132 valence electrons. The molecule has 0 aliphatic rings. The topological polar surface area (TPSA) is 61.7 Å². The van der Waals surface area contributed by atoms with Gasteiger partial charge in [0.15, 0.2) is 0 Å². The number of hydrogen-bond acceptors (Lipinski definition) is 3. The van der Waals surface area contributed by atoms with E-state index in [0.717, 1.165) is 34.0 Å². The highest BCUT2D eigenvalue weighted by Gasteiger charge is 2.11. The second-order valence-electron chi connectivity index (χ2n) is 6.22. The van der Waals surface area contributed by atoms with E-state index in [-0.39, 0.29) is 0 Å². The third kappa shape index (κ3) is 3.61. The molecule has 3 aromatic rings. The Morgan fingerprint density at radius 2 is 1.78 bits per heavy atom. The maximum absolute atomic E-state index is 9.62. The molecule has 0 atom stereocenters. The zero-order chi connectivity index (χ0) is 19.4. The summed E-state index contributed by atoms with van der Waals surface area (Å²) in [7, 11) is 1.65. The number of ether oxygens (including phenoxy) is 1. The monoisotopic (exact) mass is 353 g/mol. The van der Waals surface area contributed by atoms with Crippen LogP contribution < -0.4 is 4.74 Å². The summed E-state index contributed by atoms with van der Waals surface area (Å²) >= 11 is 0. The van der Waals surface area contributed by atoms with E-state index in [0.29, 0.717) is 11.1 Å². The summed E-state index contributed by atoms with van der Waals surface area (Å²) in [6, 6.07) is 21.4. The van der Waals surface area contributed by atoms with Crippen LogP contribution in [-0.2, 0) is 0 Å². The van der Waals surface area contributed by atoms with Gasteiger partial charge in [0.2, 0.25) is 0 Å². The van der Waals surface area contributed by atoms with Crippen molar-refractivity contribution in [1.82, 2.24) is 4.57 Å². The summed E-state index contributed by atoms with van der Waals surface area (Å²) in [5.74, 6) is 0.811. The minimum Gasteiger partial charge on any atom is -0.497 e. The fourth-order valence-corrected chi connectivity index (χ4v) is 3.15. The first-order valence-electron chi connectivity index (χ1n) is 8.53. The van der Waals surface area contributed by atoms with Crippen LogP contribution in [0.4, 0.5) is 0 Å². The van der Waals surface area contributed by atoms with Gasteiger partial charge in [0.25, 0.3) is 0 Å². The molecule has 0 bridgehead atoms. The highest BCUT2D eigenvalue weighted by Crippen LogP contribution is 2.26. The maximum atomic E-state index is 9.62. The van der Waals surface area contributed by atoms with Gasteiger partial charge in [0.05, 0.1) is 30.4 Å². The Hall–Kier alpha value is -3.76. The summed E-state index contributed by atoms with van der Waals surface area (Å²) < 4.78 is 7.37. The molecule has 0 N–H and O–H groups in total. The first kappa shape index (κ1) is 18.0. The van der Waals surface area contributed by atoms with Crippen molar-refractivity contribution in [1.29, 1.82) is 10.5 Å². The highest BCUT2D eigenvalue weighted by atomic mass is 16.5. The van der Waals surface area contributed by atoms with Gasteiger partial charge < -0.3 is 9.30 Å². The van der Waals surface area contributed by atoms with E-state index in [1.54, 1.807) is 25.3 Å². The number of benzene rings is 2. The van der Waals surface area contributed by atoms with Crippen LogP contribution in [0.5, 0.6) is 5.75 Å². The van der Waals surface area contributed by atoms with E-state index in [9.17, 15) is 5.26 Å². The average Bonchev–Trinajstić information content (AvgIpc) is 2.99. The summed E-state index contributed by atoms with van der Waals surface area (Å²) in [4.78, 5) is 0. The Balaban J connectivity index is 2.05. The van der Waals surface area contributed by atoms with Gasteiger partial charge in [-0.15, -0.1) is 0 Å². The molecule has 2 aromatic carbocycles. The van der Waals surface area contributed by atoms with Crippen molar-refractivity contribution in [2.24, 2.45) is 0 Å². The van der Waals surface area contributed by atoms with Crippen molar-refractivity contribution < 1.29 is 4.74 Å². The summed E-state index contributed by atoms with van der Waals surface area (Å²) in [6.45, 7) is 4.07. The van der Waals surface area contributed by atoms with E-state index in [2.05, 4.69) is 22.8 Å². The molecule has 4 nitrogen and oxygen atoms in total. The molecule has 4 heteroatoms. The molecule has 0 fully saturated rings. The number of rotatable bonds is 4. The molecular weight excluding hydrogens is 334 g/mol. The van der Waals surface area contributed by atoms with Crippen LogP contribution in [0.1, 0.15) is 28.1 Å². The number of aryl methyl sites for hydroxylation is 1. The number of aromatic nitrogens is 1. The lowest BCUT2D eigenvalue weighted by molar-refractivity contribution is 0.414. The Bertz CT molecular complexity index is 1090. The standard InChI is InChI=1S/C23H19N3O/c1-16-11-20(13-21(15-25)19-6-4-5-18(12-19)14-24)17(2)26(16)22-7-9-23(27-3)10-8-22/h4-13H,1-3H3. The van der Waals surface area contributed by atoms with E-state index in [4.69, 9.17) is 10.00 Å². The number of hydrogen-bond donors (Lipinski definition) is 0. The van der Waals surface area contributed by atoms with Gasteiger partial charge in [-0.1, -0.05) is 12.1 Å². The van der Waals surface area contributed by atoms with Crippen molar-refractivity contribution in [3.63, 3.8) is 0 Å². The summed E-state index contributed by atoms with van der Waals surface area (Å²) in [5, 5.41) is 18.7. The lowest BCUT2D eigenvalue weighted by Crippen LogP contribution is -1.99. The fourth-order valence-electron chi connectivity index (χ4n) is 3.15. The highest BCUT2D eigenvalue weighted by molar-refractivity contribution is 5.90. The molecule has 0 spiro atoms. The number of nitriles is 2. The molecule has 3 rings (SSSR count). The zero-order valence-electron chi connectivity index (χ0n) is 15.5. The average molecular weight is 353 g/mol. The molecule has 1 aromatic heterocycles. The lowest BCUT2D eigenvalue weighted by atomic mass is 10.0. The smallest absolute Gasteiger partial charge is 0.119 e. The van der Waals surface area contributed by atoms with Gasteiger partial charge in [0, 0.05) is 17.1 Å². The zero-order valence-corrected chi connectivity index (χ0v) is 15.5. The maximum Gasteiger partial charge on any atom is 0.119 e. The number of methoxy groups -OCH3 is 1. The Morgan fingerprint density at radius 1 is 1.04 bits per heavy atom. The first-order valence-corrected chi connectivity index (χ1v) is 8.53. The molecule has 0 unspecified atom stereocenters. The van der Waals surface area contributed by atoms with E-state index >= 15 is 0 Å². The number of nitrogens with zero attached hydrogens (tertiary/aromatic N) is 3. The van der Waals surface area contributed by atoms with Crippen molar-refractivity contribution in [3.8, 4) is 23.6 Å². The SMILES string of the molecule is COc1ccc(-n2c(C)cc(C=C(C#N)c3cccc(C#N)c3)c2C)cc1. The minimum atomic E-state index is 0.530. The first-order chi connectivity index (χ1) is 13.1. The van der Waals surface area contributed by atoms with Crippen molar-refractivity contribution in [3.05, 3.63) is 82.7 Å². The summed E-state index contributed by atoms with van der Waals surface area (Å²) in [5.41, 5.74) is 5.94. The number of allylic oxidation sites excluding steroid dienone is 1. The van der Waals surface area contributed by atoms with Gasteiger partial charge in [-0.25, -0.2) is 0 Å². The molecule has 0 saturated carbocycles. The minimum absolute atomic E-state index is 0.530. The molecule has 0 amide bonds. The van der Waals surface area contributed by atoms with E-state index < -0.39 is 0 Å². The predicted octanol–water partition coefficient (Wildman–Crippen LogP) is 5.04. The fraction of sp³-hybridized carbons (Fsp3) is 0.130. The van der Waals surface area contributed by atoms with Crippen LogP contribution in [0.15, 0.2) is 54.6 Å².